The van der Waals surface area contributed by atoms with Crippen LogP contribution in [0.15, 0.2) is 51.8 Å². The van der Waals surface area contributed by atoms with Crippen LogP contribution in [0.4, 0.5) is 4.39 Å². The lowest BCUT2D eigenvalue weighted by Gasteiger charge is -2.28. The number of aromatic nitrogens is 3. The third-order valence-electron chi connectivity index (χ3n) is 5.14. The first-order chi connectivity index (χ1) is 13.1. The second-order valence-electron chi connectivity index (χ2n) is 6.99. The maximum absolute atomic E-state index is 13.5. The van der Waals surface area contributed by atoms with Gasteiger partial charge < -0.3 is 9.47 Å². The van der Waals surface area contributed by atoms with Crippen LogP contribution in [-0.2, 0) is 6.54 Å². The Morgan fingerprint density at radius 2 is 2.07 bits per heavy atom. The molecule has 0 N–H and O–H groups in total. The molecule has 0 fully saturated rings. The summed E-state index contributed by atoms with van der Waals surface area (Å²) in [6.07, 6.45) is 7.41. The number of imidazole rings is 1. The van der Waals surface area contributed by atoms with Gasteiger partial charge in [-0.15, -0.1) is 0 Å². The van der Waals surface area contributed by atoms with Gasteiger partial charge in [-0.3, -0.25) is 4.99 Å². The van der Waals surface area contributed by atoms with Gasteiger partial charge in [-0.1, -0.05) is 19.4 Å². The molecule has 7 heteroatoms. The molecule has 2 aromatic heterocycles. The van der Waals surface area contributed by atoms with E-state index in [1.165, 1.54) is 11.6 Å². The van der Waals surface area contributed by atoms with Crippen molar-refractivity contribution in [2.45, 2.75) is 52.2 Å². The summed E-state index contributed by atoms with van der Waals surface area (Å²) in [7, 11) is 0. The molecule has 6 nitrogen and oxygen atoms in total. The van der Waals surface area contributed by atoms with Gasteiger partial charge in [0, 0.05) is 18.0 Å². The zero-order valence-corrected chi connectivity index (χ0v) is 15.8. The number of aliphatic imine (C=N–C) groups is 2. The van der Waals surface area contributed by atoms with E-state index in [9.17, 15) is 4.39 Å². The molecule has 140 valence electrons. The second-order valence-corrected chi connectivity index (χ2v) is 6.99. The minimum Gasteiger partial charge on any atom is -0.324 e. The molecule has 0 aliphatic carbocycles. The molecule has 2 aliphatic heterocycles. The van der Waals surface area contributed by atoms with Gasteiger partial charge in [0.15, 0.2) is 5.82 Å². The Labute approximate surface area is 158 Å². The van der Waals surface area contributed by atoms with Gasteiger partial charge in [0.2, 0.25) is 5.95 Å². The average Bonchev–Trinajstić information content (AvgIpc) is 3.22. The predicted molar refractivity (Wildman–Crippen MR) is 104 cm³/mol. The minimum absolute atomic E-state index is 0.248. The SMILES string of the molecule is CCCC1=C(Cn2ccnc2-c2cccc(F)n2)N=CN2C1=NC(C)C2C. The van der Waals surface area contributed by atoms with Gasteiger partial charge in [0.25, 0.3) is 0 Å². The van der Waals surface area contributed by atoms with Crippen molar-refractivity contribution in [1.29, 1.82) is 0 Å². The minimum atomic E-state index is -0.512. The van der Waals surface area contributed by atoms with Crippen LogP contribution < -0.4 is 0 Å². The molecule has 0 saturated carbocycles. The number of fused-ring (bicyclic) bond motifs is 1. The molecule has 4 rings (SSSR count). The predicted octanol–water partition coefficient (Wildman–Crippen LogP) is 3.67. The summed E-state index contributed by atoms with van der Waals surface area (Å²) in [6, 6.07) is 5.31. The summed E-state index contributed by atoms with van der Waals surface area (Å²) >= 11 is 0. The first-order valence-corrected chi connectivity index (χ1v) is 9.35. The number of rotatable bonds is 5. The molecule has 0 bridgehead atoms. The summed E-state index contributed by atoms with van der Waals surface area (Å²) in [5.41, 5.74) is 2.67. The summed E-state index contributed by atoms with van der Waals surface area (Å²) in [5, 5.41) is 0. The average molecular weight is 366 g/mol. The fourth-order valence-electron chi connectivity index (χ4n) is 3.53. The number of hydrogen-bond acceptors (Lipinski definition) is 5. The molecule has 0 radical (unpaired) electrons. The maximum atomic E-state index is 13.5. The third-order valence-corrected chi connectivity index (χ3v) is 5.14. The van der Waals surface area contributed by atoms with E-state index in [1.807, 2.05) is 17.1 Å². The normalized spacial score (nSPS) is 21.6. The number of pyridine rings is 1. The zero-order valence-electron chi connectivity index (χ0n) is 15.8. The van der Waals surface area contributed by atoms with Crippen molar-refractivity contribution >= 4 is 12.2 Å². The first-order valence-electron chi connectivity index (χ1n) is 9.35. The van der Waals surface area contributed by atoms with Crippen LogP contribution in [0, 0.1) is 5.95 Å². The molecular weight excluding hydrogens is 343 g/mol. The summed E-state index contributed by atoms with van der Waals surface area (Å²) in [5.74, 6) is 1.15. The Morgan fingerprint density at radius 1 is 1.22 bits per heavy atom. The van der Waals surface area contributed by atoms with Gasteiger partial charge >= 0.3 is 0 Å². The Bertz CT molecular complexity index is 941. The van der Waals surface area contributed by atoms with Crippen molar-refractivity contribution in [3.8, 4) is 11.5 Å². The van der Waals surface area contributed by atoms with E-state index in [0.717, 1.165) is 24.4 Å². The summed E-state index contributed by atoms with van der Waals surface area (Å²) in [6.45, 7) is 7.02. The van der Waals surface area contributed by atoms with E-state index in [2.05, 4.69) is 35.6 Å². The van der Waals surface area contributed by atoms with Gasteiger partial charge in [0.05, 0.1) is 30.7 Å². The lowest BCUT2D eigenvalue weighted by Crippen LogP contribution is -2.38. The van der Waals surface area contributed by atoms with Crippen LogP contribution >= 0.6 is 0 Å². The highest BCUT2D eigenvalue weighted by Crippen LogP contribution is 2.29. The van der Waals surface area contributed by atoms with Crippen LogP contribution in [0.2, 0.25) is 0 Å². The lowest BCUT2D eigenvalue weighted by atomic mass is 10.0. The largest absolute Gasteiger partial charge is 0.324 e. The number of halogens is 1. The van der Waals surface area contributed by atoms with E-state index in [4.69, 9.17) is 9.98 Å². The topological polar surface area (TPSA) is 58.7 Å². The van der Waals surface area contributed by atoms with Crippen molar-refractivity contribution in [1.82, 2.24) is 19.4 Å². The molecule has 4 heterocycles. The van der Waals surface area contributed by atoms with E-state index in [1.54, 1.807) is 18.3 Å². The van der Waals surface area contributed by atoms with Gasteiger partial charge in [-0.2, -0.15) is 4.39 Å². The molecule has 0 amide bonds. The van der Waals surface area contributed by atoms with Gasteiger partial charge in [-0.05, 0) is 32.4 Å². The molecular formula is C20H23FN6. The van der Waals surface area contributed by atoms with Crippen LogP contribution in [0.1, 0.15) is 33.6 Å². The highest BCUT2D eigenvalue weighted by Gasteiger charge is 2.34. The fourth-order valence-corrected chi connectivity index (χ4v) is 3.53. The molecule has 0 aromatic carbocycles. The van der Waals surface area contributed by atoms with E-state index in [-0.39, 0.29) is 6.04 Å². The fraction of sp³-hybridized carbons (Fsp3) is 0.400. The summed E-state index contributed by atoms with van der Waals surface area (Å²) < 4.78 is 15.5. The maximum Gasteiger partial charge on any atom is 0.213 e. The van der Waals surface area contributed by atoms with Crippen LogP contribution in [-0.4, -0.2) is 43.7 Å². The molecule has 2 atom stereocenters. The van der Waals surface area contributed by atoms with Crippen LogP contribution in [0.3, 0.4) is 0 Å². The van der Waals surface area contributed by atoms with E-state index >= 15 is 0 Å². The van der Waals surface area contributed by atoms with Gasteiger partial charge in [-0.25, -0.2) is 15.0 Å². The highest BCUT2D eigenvalue weighted by molar-refractivity contribution is 6.08. The Morgan fingerprint density at radius 3 is 2.85 bits per heavy atom. The quantitative estimate of drug-likeness (QED) is 0.759. The van der Waals surface area contributed by atoms with Crippen molar-refractivity contribution < 1.29 is 4.39 Å². The summed E-state index contributed by atoms with van der Waals surface area (Å²) in [4.78, 5) is 20.1. The number of allylic oxidation sites excluding steroid dienone is 1. The molecule has 2 aliphatic rings. The van der Waals surface area contributed by atoms with Crippen molar-refractivity contribution in [3.05, 3.63) is 47.8 Å². The molecule has 27 heavy (non-hydrogen) atoms. The van der Waals surface area contributed by atoms with E-state index in [0.29, 0.717) is 24.1 Å². The lowest BCUT2D eigenvalue weighted by molar-refractivity contribution is 0.457. The molecule has 0 spiro atoms. The first kappa shape index (κ1) is 17.6. The molecule has 2 aromatic rings. The second kappa shape index (κ2) is 7.06. The number of hydrogen-bond donors (Lipinski definition) is 0. The Balaban J connectivity index is 1.70. The standard InChI is InChI=1S/C20H23FN6/c1-4-6-15-17(23-12-27-14(3)13(2)24-19(15)27)11-26-10-9-22-20(26)16-7-5-8-18(21)25-16/h5,7-10,12-14H,4,6,11H2,1-3H3. The van der Waals surface area contributed by atoms with Crippen molar-refractivity contribution in [2.75, 3.05) is 0 Å². The number of amidine groups is 1. The van der Waals surface area contributed by atoms with Crippen LogP contribution in [0.25, 0.3) is 11.5 Å². The van der Waals surface area contributed by atoms with Crippen molar-refractivity contribution in [2.24, 2.45) is 9.98 Å². The third kappa shape index (κ3) is 3.18. The monoisotopic (exact) mass is 366 g/mol. The Kier molecular flexibility index (Phi) is 4.59. The zero-order chi connectivity index (χ0) is 19.0. The van der Waals surface area contributed by atoms with Gasteiger partial charge in [0.1, 0.15) is 11.5 Å². The molecule has 2 unspecified atom stereocenters. The van der Waals surface area contributed by atoms with Crippen LogP contribution in [0.5, 0.6) is 0 Å². The Hall–Kier alpha value is -2.83. The highest BCUT2D eigenvalue weighted by atomic mass is 19.1. The molecule has 0 saturated heterocycles. The smallest absolute Gasteiger partial charge is 0.213 e. The van der Waals surface area contributed by atoms with E-state index < -0.39 is 5.95 Å². The van der Waals surface area contributed by atoms with Crippen molar-refractivity contribution in [3.63, 3.8) is 0 Å². The number of nitrogens with zero attached hydrogens (tertiary/aromatic N) is 6.